The molecule has 1 unspecified atom stereocenters. The third kappa shape index (κ3) is 4.19. The Bertz CT molecular complexity index is 729. The van der Waals surface area contributed by atoms with E-state index in [-0.39, 0.29) is 17.4 Å². The van der Waals surface area contributed by atoms with Crippen molar-refractivity contribution in [3.05, 3.63) is 53.1 Å². The number of hydrogen-bond donors (Lipinski definition) is 2. The largest absolute Gasteiger partial charge is 0.507 e. The summed E-state index contributed by atoms with van der Waals surface area (Å²) in [5.74, 6) is 0.0904. The number of nitrogens with one attached hydrogen (secondary N) is 1. The van der Waals surface area contributed by atoms with Gasteiger partial charge >= 0.3 is 0 Å². The Balaban J connectivity index is 1.65. The van der Waals surface area contributed by atoms with E-state index < -0.39 is 5.91 Å². The Kier molecular flexibility index (Phi) is 5.23. The highest BCUT2D eigenvalue weighted by Gasteiger charge is 2.16. The molecule has 126 valence electrons. The topological polar surface area (TPSA) is 67.8 Å². The van der Waals surface area contributed by atoms with Crippen molar-refractivity contribution in [2.24, 2.45) is 0 Å². The van der Waals surface area contributed by atoms with E-state index in [4.69, 9.17) is 21.1 Å². The van der Waals surface area contributed by atoms with Crippen LogP contribution < -0.4 is 10.1 Å². The van der Waals surface area contributed by atoms with E-state index in [0.29, 0.717) is 23.1 Å². The molecule has 0 aromatic heterocycles. The molecule has 0 spiro atoms. The summed E-state index contributed by atoms with van der Waals surface area (Å²) in [5.41, 5.74) is 0.692. The highest BCUT2D eigenvalue weighted by Crippen LogP contribution is 2.24. The van der Waals surface area contributed by atoms with E-state index >= 15 is 0 Å². The van der Waals surface area contributed by atoms with Crippen molar-refractivity contribution in [3.8, 4) is 11.5 Å². The molecule has 5 nitrogen and oxygen atoms in total. The number of rotatable bonds is 5. The monoisotopic (exact) mass is 347 g/mol. The molecule has 3 rings (SSSR count). The molecule has 1 atom stereocenters. The van der Waals surface area contributed by atoms with Crippen molar-refractivity contribution < 1.29 is 19.4 Å². The number of carbonyl (C=O) groups excluding carboxylic acids is 1. The molecule has 1 aliphatic heterocycles. The van der Waals surface area contributed by atoms with Crippen LogP contribution in [-0.4, -0.2) is 30.3 Å². The van der Waals surface area contributed by atoms with Gasteiger partial charge in [-0.2, -0.15) is 0 Å². The van der Waals surface area contributed by atoms with Crippen molar-refractivity contribution in [3.63, 3.8) is 0 Å². The number of carbonyl (C=O) groups is 1. The number of benzene rings is 2. The average Bonchev–Trinajstić information content (AvgIpc) is 3.09. The fourth-order valence-electron chi connectivity index (χ4n) is 2.52. The summed E-state index contributed by atoms with van der Waals surface area (Å²) < 4.78 is 11.2. The predicted molar refractivity (Wildman–Crippen MR) is 92.0 cm³/mol. The Morgan fingerprint density at radius 1 is 1.33 bits per heavy atom. The van der Waals surface area contributed by atoms with E-state index in [1.54, 1.807) is 18.2 Å². The lowest BCUT2D eigenvalue weighted by molar-refractivity contribution is 0.0680. The standard InChI is InChI=1S/C18H18ClNO4/c19-12-6-7-17(21)16(9-12)18(22)20-13-3-1-4-14(10-13)24-11-15-5-2-8-23-15/h1,3-4,6-7,9-10,15,21H,2,5,8,11H2,(H,20,22). The van der Waals surface area contributed by atoms with E-state index in [0.717, 1.165) is 19.4 Å². The van der Waals surface area contributed by atoms with Gasteiger partial charge in [-0.3, -0.25) is 4.79 Å². The Labute approximate surface area is 145 Å². The second-order valence-electron chi connectivity index (χ2n) is 5.59. The van der Waals surface area contributed by atoms with E-state index in [1.165, 1.54) is 18.2 Å². The molecule has 1 aliphatic rings. The van der Waals surface area contributed by atoms with Crippen molar-refractivity contribution >= 4 is 23.2 Å². The number of phenolic OH excluding ortho intramolecular Hbond substituents is 1. The first-order valence-electron chi connectivity index (χ1n) is 7.76. The van der Waals surface area contributed by atoms with Gasteiger partial charge in [0.2, 0.25) is 0 Å². The van der Waals surface area contributed by atoms with Gasteiger partial charge in [0.25, 0.3) is 5.91 Å². The zero-order valence-corrected chi connectivity index (χ0v) is 13.8. The van der Waals surface area contributed by atoms with Crippen LogP contribution in [0.5, 0.6) is 11.5 Å². The maximum atomic E-state index is 12.3. The second-order valence-corrected chi connectivity index (χ2v) is 6.03. The van der Waals surface area contributed by atoms with E-state index in [1.807, 2.05) is 6.07 Å². The van der Waals surface area contributed by atoms with Gasteiger partial charge in [-0.15, -0.1) is 0 Å². The van der Waals surface area contributed by atoms with E-state index in [9.17, 15) is 9.90 Å². The highest BCUT2D eigenvalue weighted by atomic mass is 35.5. The van der Waals surface area contributed by atoms with Crippen molar-refractivity contribution in [1.82, 2.24) is 0 Å². The summed E-state index contributed by atoms with van der Waals surface area (Å²) in [4.78, 5) is 12.3. The summed E-state index contributed by atoms with van der Waals surface area (Å²) in [7, 11) is 0. The summed E-state index contributed by atoms with van der Waals surface area (Å²) in [6.45, 7) is 1.28. The van der Waals surface area contributed by atoms with Crippen LogP contribution in [0, 0.1) is 0 Å². The molecule has 1 heterocycles. The summed E-state index contributed by atoms with van der Waals surface area (Å²) in [5, 5.41) is 12.9. The fourth-order valence-corrected chi connectivity index (χ4v) is 2.69. The van der Waals surface area contributed by atoms with Crippen LogP contribution in [0.3, 0.4) is 0 Å². The number of hydrogen-bond acceptors (Lipinski definition) is 4. The minimum absolute atomic E-state index is 0.119. The van der Waals surface area contributed by atoms with Crippen LogP contribution in [-0.2, 0) is 4.74 Å². The minimum Gasteiger partial charge on any atom is -0.507 e. The molecule has 0 radical (unpaired) electrons. The molecule has 1 saturated heterocycles. The van der Waals surface area contributed by atoms with Crippen LogP contribution in [0.2, 0.25) is 5.02 Å². The molecule has 2 aromatic carbocycles. The lowest BCUT2D eigenvalue weighted by atomic mass is 10.2. The first kappa shape index (κ1) is 16.6. The highest BCUT2D eigenvalue weighted by molar-refractivity contribution is 6.31. The van der Waals surface area contributed by atoms with Gasteiger partial charge in [-0.05, 0) is 43.2 Å². The van der Waals surface area contributed by atoms with Crippen molar-refractivity contribution in [1.29, 1.82) is 0 Å². The van der Waals surface area contributed by atoms with Gasteiger partial charge in [0.1, 0.15) is 18.1 Å². The van der Waals surface area contributed by atoms with Crippen LogP contribution in [0.4, 0.5) is 5.69 Å². The van der Waals surface area contributed by atoms with Crippen molar-refractivity contribution in [2.75, 3.05) is 18.5 Å². The molecule has 2 aromatic rings. The number of amides is 1. The number of halogens is 1. The normalized spacial score (nSPS) is 16.8. The lowest BCUT2D eigenvalue weighted by Gasteiger charge is -2.13. The van der Waals surface area contributed by atoms with Gasteiger partial charge in [0.15, 0.2) is 0 Å². The third-order valence-electron chi connectivity index (χ3n) is 3.76. The first-order valence-corrected chi connectivity index (χ1v) is 8.14. The van der Waals surface area contributed by atoms with Gasteiger partial charge < -0.3 is 19.9 Å². The van der Waals surface area contributed by atoms with Crippen molar-refractivity contribution in [2.45, 2.75) is 18.9 Å². The predicted octanol–water partition coefficient (Wildman–Crippen LogP) is 3.86. The molecule has 0 saturated carbocycles. The Morgan fingerprint density at radius 2 is 2.21 bits per heavy atom. The molecule has 0 bridgehead atoms. The molecule has 1 fully saturated rings. The van der Waals surface area contributed by atoms with E-state index in [2.05, 4.69) is 5.32 Å². The lowest BCUT2D eigenvalue weighted by Crippen LogP contribution is -2.16. The number of aromatic hydroxyl groups is 1. The first-order chi connectivity index (χ1) is 11.6. The van der Waals surface area contributed by atoms with Gasteiger partial charge in [-0.1, -0.05) is 17.7 Å². The van der Waals surface area contributed by atoms with Crippen LogP contribution >= 0.6 is 11.6 Å². The van der Waals surface area contributed by atoms with Gasteiger partial charge in [0.05, 0.1) is 11.7 Å². The van der Waals surface area contributed by atoms with Gasteiger partial charge in [0, 0.05) is 23.4 Å². The Morgan fingerprint density at radius 3 is 3.00 bits per heavy atom. The fraction of sp³-hybridized carbons (Fsp3) is 0.278. The molecule has 0 aliphatic carbocycles. The Hall–Kier alpha value is -2.24. The maximum absolute atomic E-state index is 12.3. The third-order valence-corrected chi connectivity index (χ3v) is 3.99. The summed E-state index contributed by atoms with van der Waals surface area (Å²) >= 11 is 5.87. The summed E-state index contributed by atoms with van der Waals surface area (Å²) in [6.07, 6.45) is 2.20. The van der Waals surface area contributed by atoms with Crippen LogP contribution in [0.15, 0.2) is 42.5 Å². The zero-order valence-electron chi connectivity index (χ0n) is 13.0. The zero-order chi connectivity index (χ0) is 16.9. The molecule has 6 heteroatoms. The quantitative estimate of drug-likeness (QED) is 0.862. The molecular formula is C18H18ClNO4. The summed E-state index contributed by atoms with van der Waals surface area (Å²) in [6, 6.07) is 11.4. The molecule has 2 N–H and O–H groups in total. The van der Waals surface area contributed by atoms with Crippen LogP contribution in [0.1, 0.15) is 23.2 Å². The number of anilines is 1. The smallest absolute Gasteiger partial charge is 0.259 e. The minimum atomic E-state index is -0.439. The molecule has 1 amide bonds. The average molecular weight is 348 g/mol. The maximum Gasteiger partial charge on any atom is 0.259 e. The SMILES string of the molecule is O=C(Nc1cccc(OCC2CCCO2)c1)c1cc(Cl)ccc1O. The van der Waals surface area contributed by atoms with Gasteiger partial charge in [-0.25, -0.2) is 0 Å². The molecular weight excluding hydrogens is 330 g/mol. The van der Waals surface area contributed by atoms with Crippen LogP contribution in [0.25, 0.3) is 0 Å². The molecule has 24 heavy (non-hydrogen) atoms. The number of ether oxygens (including phenoxy) is 2. The number of phenols is 1. The second kappa shape index (κ2) is 7.55.